The van der Waals surface area contributed by atoms with Crippen LogP contribution in [0, 0.1) is 27.7 Å². The van der Waals surface area contributed by atoms with E-state index in [1.807, 2.05) is 62.3 Å². The molecule has 0 aromatic heterocycles. The zero-order valence-electron chi connectivity index (χ0n) is 18.2. The van der Waals surface area contributed by atoms with Crippen molar-refractivity contribution in [3.8, 4) is 5.75 Å². The summed E-state index contributed by atoms with van der Waals surface area (Å²) in [5.74, 6) is -0.220. The van der Waals surface area contributed by atoms with E-state index in [4.69, 9.17) is 9.53 Å². The normalized spacial score (nSPS) is 7.68. The van der Waals surface area contributed by atoms with Crippen molar-refractivity contribution in [1.82, 2.24) is 0 Å². The molecule has 0 saturated heterocycles. The Hall–Kier alpha value is -2.04. The Morgan fingerprint density at radius 1 is 0.800 bits per heavy atom. The molecule has 0 heterocycles. The molecule has 0 aliphatic heterocycles. The number of phenolic OH excluding ortho intramolecular Hbond substituents is 1. The van der Waals surface area contributed by atoms with Gasteiger partial charge in [-0.1, -0.05) is 41.5 Å². The predicted molar refractivity (Wildman–Crippen MR) is 106 cm³/mol. The number of hydrogen-bond donors (Lipinski definition) is 1. The molecule has 0 amide bonds. The lowest BCUT2D eigenvalue weighted by molar-refractivity contribution is -0.126. The monoisotopic (exact) mass is 358 g/mol. The Kier molecular flexibility index (Phi) is 24.6. The average molecular weight is 359 g/mol. The Morgan fingerprint density at radius 3 is 1.44 bits per heavy atom. The fourth-order valence-electron chi connectivity index (χ4n) is 1.74. The molecule has 148 valence electrons. The van der Waals surface area contributed by atoms with Gasteiger partial charge < -0.3 is 14.6 Å². The Balaban J connectivity index is -0.000000186. The molecular formula is C20H38O5. The van der Waals surface area contributed by atoms with Gasteiger partial charge in [-0.25, -0.2) is 4.79 Å². The van der Waals surface area contributed by atoms with Crippen molar-refractivity contribution in [3.05, 3.63) is 27.8 Å². The third kappa shape index (κ3) is 10.4. The minimum Gasteiger partial charge on any atom is -0.507 e. The van der Waals surface area contributed by atoms with Gasteiger partial charge in [0.05, 0.1) is 19.8 Å². The van der Waals surface area contributed by atoms with Crippen molar-refractivity contribution in [2.24, 2.45) is 0 Å². The molecule has 0 fully saturated rings. The number of carbonyl (C=O) groups excluding carboxylic acids is 2. The van der Waals surface area contributed by atoms with Crippen LogP contribution in [0.2, 0.25) is 0 Å². The third-order valence-corrected chi connectivity index (χ3v) is 3.07. The zero-order valence-corrected chi connectivity index (χ0v) is 18.2. The number of benzene rings is 1. The van der Waals surface area contributed by atoms with Crippen molar-refractivity contribution in [2.45, 2.75) is 69.2 Å². The summed E-state index contributed by atoms with van der Waals surface area (Å²) >= 11 is 0. The van der Waals surface area contributed by atoms with Crippen LogP contribution in [-0.4, -0.2) is 31.8 Å². The van der Waals surface area contributed by atoms with Crippen LogP contribution in [-0.2, 0) is 14.3 Å². The molecule has 1 aromatic rings. The van der Waals surface area contributed by atoms with Crippen LogP contribution in [0.1, 0.15) is 74.2 Å². The maximum absolute atomic E-state index is 11.5. The molecule has 1 N–H and O–H groups in total. The predicted octanol–water partition coefficient (Wildman–Crippen LogP) is 5.28. The minimum absolute atomic E-state index is 0.179. The minimum atomic E-state index is -0.400. The summed E-state index contributed by atoms with van der Waals surface area (Å²) in [6, 6.07) is 0. The van der Waals surface area contributed by atoms with Crippen LogP contribution >= 0.6 is 0 Å². The second-order valence-electron chi connectivity index (χ2n) is 4.05. The van der Waals surface area contributed by atoms with E-state index >= 15 is 0 Å². The van der Waals surface area contributed by atoms with Gasteiger partial charge in [-0.15, -0.1) is 0 Å². The first-order chi connectivity index (χ1) is 11.8. The van der Waals surface area contributed by atoms with Gasteiger partial charge in [0, 0.05) is 5.56 Å². The highest BCUT2D eigenvalue weighted by atomic mass is 16.5. The molecule has 25 heavy (non-hydrogen) atoms. The first-order valence-electron chi connectivity index (χ1n) is 8.67. The van der Waals surface area contributed by atoms with Gasteiger partial charge in [0.2, 0.25) is 0 Å². The molecule has 0 unspecified atom stereocenters. The summed E-state index contributed by atoms with van der Waals surface area (Å²) in [6.07, 6.45) is 0. The molecule has 0 atom stereocenters. The third-order valence-electron chi connectivity index (χ3n) is 3.07. The molecule has 5 heteroatoms. The maximum Gasteiger partial charge on any atom is 0.338 e. The largest absolute Gasteiger partial charge is 0.507 e. The van der Waals surface area contributed by atoms with E-state index in [9.17, 15) is 9.90 Å². The fraction of sp³-hybridized carbons (Fsp3) is 0.600. The average Bonchev–Trinajstić information content (AvgIpc) is 2.69. The summed E-state index contributed by atoms with van der Waals surface area (Å²) < 4.78 is 8.56. The van der Waals surface area contributed by atoms with Crippen molar-refractivity contribution < 1.29 is 24.2 Å². The van der Waals surface area contributed by atoms with Crippen LogP contribution in [0.4, 0.5) is 0 Å². The number of hydrogen-bond acceptors (Lipinski definition) is 5. The van der Waals surface area contributed by atoms with Crippen LogP contribution in [0.15, 0.2) is 0 Å². The molecule has 0 saturated carbocycles. The molecule has 1 rings (SSSR count). The van der Waals surface area contributed by atoms with E-state index in [-0.39, 0.29) is 5.75 Å². The van der Waals surface area contributed by atoms with E-state index in [1.54, 1.807) is 6.92 Å². The van der Waals surface area contributed by atoms with Gasteiger partial charge in [-0.3, -0.25) is 4.79 Å². The lowest BCUT2D eigenvalue weighted by Gasteiger charge is -2.15. The number of phenols is 1. The first kappa shape index (κ1) is 30.8. The van der Waals surface area contributed by atoms with E-state index in [1.165, 1.54) is 14.2 Å². The molecule has 0 aliphatic rings. The van der Waals surface area contributed by atoms with E-state index in [2.05, 4.69) is 4.74 Å². The number of methoxy groups -OCH3 is 2. The van der Waals surface area contributed by atoms with Crippen molar-refractivity contribution in [1.29, 1.82) is 0 Å². The Labute approximate surface area is 154 Å². The van der Waals surface area contributed by atoms with Gasteiger partial charge in [0.1, 0.15) is 5.75 Å². The molecule has 0 spiro atoms. The highest BCUT2D eigenvalue weighted by molar-refractivity contribution is 5.94. The van der Waals surface area contributed by atoms with Gasteiger partial charge >= 0.3 is 5.97 Å². The number of aromatic hydroxyl groups is 1. The molecule has 0 radical (unpaired) electrons. The smallest absolute Gasteiger partial charge is 0.338 e. The number of ether oxygens (including phenoxy) is 2. The van der Waals surface area contributed by atoms with Crippen LogP contribution < -0.4 is 0 Å². The van der Waals surface area contributed by atoms with E-state index < -0.39 is 5.97 Å². The SMILES string of the molecule is CC.CC.CC.COC(=O)c1c(C)c(C)c(C)c(O)c1C.COC=O. The molecule has 1 aromatic carbocycles. The summed E-state index contributed by atoms with van der Waals surface area (Å²) in [5.41, 5.74) is 3.67. The van der Waals surface area contributed by atoms with Gasteiger partial charge in [0.25, 0.3) is 6.47 Å². The first-order valence-corrected chi connectivity index (χ1v) is 8.67. The van der Waals surface area contributed by atoms with E-state index in [0.29, 0.717) is 17.6 Å². The van der Waals surface area contributed by atoms with Crippen molar-refractivity contribution >= 4 is 12.4 Å². The Bertz CT molecular complexity index is 450. The summed E-state index contributed by atoms with van der Waals surface area (Å²) in [4.78, 5) is 20.5. The van der Waals surface area contributed by atoms with Gasteiger partial charge in [0.15, 0.2) is 0 Å². The quantitative estimate of drug-likeness (QED) is 0.575. The van der Waals surface area contributed by atoms with Crippen molar-refractivity contribution in [3.63, 3.8) is 0 Å². The molecule has 0 aliphatic carbocycles. The van der Waals surface area contributed by atoms with Crippen LogP contribution in [0.3, 0.4) is 0 Å². The Morgan fingerprint density at radius 2 is 1.16 bits per heavy atom. The highest BCUT2D eigenvalue weighted by Crippen LogP contribution is 2.31. The standard InChI is InChI=1S/C12H16O3.C2H4O2.3C2H6/c1-6-7(2)10(12(14)15-5)9(4)11(13)8(6)3;1-4-2-3;3*1-2/h13H,1-5H3;2H,1H3;3*1-2H3. The highest BCUT2D eigenvalue weighted by Gasteiger charge is 2.19. The molecule has 5 nitrogen and oxygen atoms in total. The second-order valence-corrected chi connectivity index (χ2v) is 4.05. The van der Waals surface area contributed by atoms with Crippen LogP contribution in [0.25, 0.3) is 0 Å². The van der Waals surface area contributed by atoms with Crippen molar-refractivity contribution in [2.75, 3.05) is 14.2 Å². The molecule has 0 bridgehead atoms. The molecular weight excluding hydrogens is 320 g/mol. The number of rotatable bonds is 2. The topological polar surface area (TPSA) is 72.8 Å². The fourth-order valence-corrected chi connectivity index (χ4v) is 1.74. The lowest BCUT2D eigenvalue weighted by Crippen LogP contribution is -2.09. The lowest BCUT2D eigenvalue weighted by atomic mass is 9.93. The van der Waals surface area contributed by atoms with E-state index in [0.717, 1.165) is 16.7 Å². The second kappa shape index (κ2) is 20.0. The summed E-state index contributed by atoms with van der Waals surface area (Å²) in [5, 5.41) is 9.83. The van der Waals surface area contributed by atoms with Crippen LogP contribution in [0.5, 0.6) is 5.75 Å². The number of carbonyl (C=O) groups is 2. The summed E-state index contributed by atoms with van der Waals surface area (Å²) in [6.45, 7) is 19.7. The van der Waals surface area contributed by atoms with Gasteiger partial charge in [-0.2, -0.15) is 0 Å². The summed E-state index contributed by atoms with van der Waals surface area (Å²) in [7, 11) is 2.65. The van der Waals surface area contributed by atoms with Gasteiger partial charge in [-0.05, 0) is 44.4 Å². The number of esters is 1. The maximum atomic E-state index is 11.5. The zero-order chi connectivity index (χ0) is 21.2.